The average Bonchev–Trinajstić information content (AvgIpc) is 2.35. The number of hydrogen-bond acceptors (Lipinski definition) is 4. The van der Waals surface area contributed by atoms with Crippen LogP contribution in [0, 0.1) is 0 Å². The van der Waals surface area contributed by atoms with Crippen molar-refractivity contribution >= 4 is 5.91 Å². The molecule has 1 rings (SSSR count). The van der Waals surface area contributed by atoms with E-state index in [1.807, 2.05) is 0 Å². The Kier molecular flexibility index (Phi) is 6.05. The van der Waals surface area contributed by atoms with E-state index in [0.29, 0.717) is 12.5 Å². The molecule has 0 aromatic carbocycles. The molecule has 1 saturated heterocycles. The maximum atomic E-state index is 11.1. The van der Waals surface area contributed by atoms with Gasteiger partial charge in [0.1, 0.15) is 0 Å². The summed E-state index contributed by atoms with van der Waals surface area (Å²) in [5.41, 5.74) is 10.2. The van der Waals surface area contributed by atoms with Crippen LogP contribution in [0.1, 0.15) is 39.0 Å². The van der Waals surface area contributed by atoms with Crippen LogP contribution in [0.2, 0.25) is 0 Å². The summed E-state index contributed by atoms with van der Waals surface area (Å²) in [6.45, 7) is 4.99. The first-order valence-corrected chi connectivity index (χ1v) is 6.79. The van der Waals surface area contributed by atoms with Crippen molar-refractivity contribution in [2.75, 3.05) is 26.7 Å². The highest BCUT2D eigenvalue weighted by Crippen LogP contribution is 2.15. The number of unbranched alkanes of at least 4 members (excludes halogenated alkanes) is 1. The van der Waals surface area contributed by atoms with Gasteiger partial charge in [0.15, 0.2) is 0 Å². The van der Waals surface area contributed by atoms with Crippen LogP contribution in [0.25, 0.3) is 0 Å². The van der Waals surface area contributed by atoms with Gasteiger partial charge in [0.05, 0.1) is 11.6 Å². The number of piperidine rings is 1. The van der Waals surface area contributed by atoms with Crippen molar-refractivity contribution in [1.29, 1.82) is 0 Å². The standard InChI is InChI=1S/C13H27N3O2/c1-13(15,12(14)17)7-3-4-8-16-9-5-11(18-2)6-10-16/h11H,3-10,15H2,1-2H3,(H2,14,17). The Bertz CT molecular complexity index is 261. The fraction of sp³-hybridized carbons (Fsp3) is 0.923. The Balaban J connectivity index is 2.10. The molecule has 0 bridgehead atoms. The molecule has 1 heterocycles. The normalized spacial score (nSPS) is 21.7. The Hall–Kier alpha value is -0.650. The molecule has 0 aromatic rings. The third kappa shape index (κ3) is 4.92. The van der Waals surface area contributed by atoms with E-state index in [2.05, 4.69) is 4.90 Å². The van der Waals surface area contributed by atoms with Crippen LogP contribution in [0.3, 0.4) is 0 Å². The third-order valence-corrected chi connectivity index (χ3v) is 3.85. The van der Waals surface area contributed by atoms with Gasteiger partial charge >= 0.3 is 0 Å². The molecule has 0 aromatic heterocycles. The molecule has 18 heavy (non-hydrogen) atoms. The minimum Gasteiger partial charge on any atom is -0.381 e. The lowest BCUT2D eigenvalue weighted by Gasteiger charge is -2.31. The van der Waals surface area contributed by atoms with Crippen LogP contribution in [0.15, 0.2) is 0 Å². The quantitative estimate of drug-likeness (QED) is 0.650. The summed E-state index contributed by atoms with van der Waals surface area (Å²) in [7, 11) is 1.78. The van der Waals surface area contributed by atoms with Gasteiger partial charge in [-0.15, -0.1) is 0 Å². The number of ether oxygens (including phenoxy) is 1. The summed E-state index contributed by atoms with van der Waals surface area (Å²) in [5, 5.41) is 0. The van der Waals surface area contributed by atoms with E-state index in [1.165, 1.54) is 0 Å². The molecule has 1 fully saturated rings. The highest BCUT2D eigenvalue weighted by molar-refractivity contribution is 5.83. The first-order chi connectivity index (χ1) is 8.45. The highest BCUT2D eigenvalue weighted by Gasteiger charge is 2.25. The number of carbonyl (C=O) groups is 1. The van der Waals surface area contributed by atoms with E-state index < -0.39 is 11.4 Å². The summed E-state index contributed by atoms with van der Waals surface area (Å²) >= 11 is 0. The highest BCUT2D eigenvalue weighted by atomic mass is 16.5. The maximum Gasteiger partial charge on any atom is 0.237 e. The van der Waals surface area contributed by atoms with Gasteiger partial charge in [-0.25, -0.2) is 0 Å². The number of rotatable bonds is 7. The van der Waals surface area contributed by atoms with Gasteiger partial charge in [0.25, 0.3) is 0 Å². The first-order valence-electron chi connectivity index (χ1n) is 6.79. The second-order valence-electron chi connectivity index (χ2n) is 5.52. The van der Waals surface area contributed by atoms with Gasteiger partial charge in [-0.05, 0) is 45.6 Å². The molecule has 5 heteroatoms. The number of carbonyl (C=O) groups excluding carboxylic acids is 1. The van der Waals surface area contributed by atoms with E-state index in [9.17, 15) is 4.79 Å². The van der Waals surface area contributed by atoms with Crippen molar-refractivity contribution in [1.82, 2.24) is 4.90 Å². The predicted molar refractivity (Wildman–Crippen MR) is 72.1 cm³/mol. The fourth-order valence-corrected chi connectivity index (χ4v) is 2.32. The summed E-state index contributed by atoms with van der Waals surface area (Å²) in [6, 6.07) is 0. The topological polar surface area (TPSA) is 81.6 Å². The number of amides is 1. The zero-order valence-electron chi connectivity index (χ0n) is 11.7. The Morgan fingerprint density at radius 1 is 1.39 bits per heavy atom. The lowest BCUT2D eigenvalue weighted by molar-refractivity contribution is -0.122. The lowest BCUT2D eigenvalue weighted by Crippen LogP contribution is -2.49. The van der Waals surface area contributed by atoms with Gasteiger partial charge < -0.3 is 21.1 Å². The molecule has 0 radical (unpaired) electrons. The molecular weight excluding hydrogens is 230 g/mol. The number of likely N-dealkylation sites (tertiary alicyclic amines) is 1. The molecule has 1 aliphatic rings. The Morgan fingerprint density at radius 2 is 2.00 bits per heavy atom. The largest absolute Gasteiger partial charge is 0.381 e. The zero-order valence-corrected chi connectivity index (χ0v) is 11.7. The van der Waals surface area contributed by atoms with E-state index in [4.69, 9.17) is 16.2 Å². The monoisotopic (exact) mass is 257 g/mol. The van der Waals surface area contributed by atoms with Crippen LogP contribution in [-0.2, 0) is 9.53 Å². The molecule has 0 saturated carbocycles. The number of methoxy groups -OCH3 is 1. The molecule has 0 spiro atoms. The lowest BCUT2D eigenvalue weighted by atomic mass is 9.95. The summed E-state index contributed by atoms with van der Waals surface area (Å²) in [6.07, 6.45) is 5.34. The first kappa shape index (κ1) is 15.4. The Morgan fingerprint density at radius 3 is 2.50 bits per heavy atom. The second kappa shape index (κ2) is 7.07. The average molecular weight is 257 g/mol. The molecule has 1 amide bonds. The van der Waals surface area contributed by atoms with Crippen LogP contribution >= 0.6 is 0 Å². The summed E-state index contributed by atoms with van der Waals surface area (Å²) in [5.74, 6) is -0.414. The molecule has 4 N–H and O–H groups in total. The van der Waals surface area contributed by atoms with Gasteiger partial charge in [-0.2, -0.15) is 0 Å². The fourth-order valence-electron chi connectivity index (χ4n) is 2.32. The number of nitrogens with zero attached hydrogens (tertiary/aromatic N) is 1. The number of hydrogen-bond donors (Lipinski definition) is 2. The van der Waals surface area contributed by atoms with Gasteiger partial charge in [-0.1, -0.05) is 0 Å². The molecule has 1 atom stereocenters. The second-order valence-corrected chi connectivity index (χ2v) is 5.52. The van der Waals surface area contributed by atoms with Crippen molar-refractivity contribution in [3.63, 3.8) is 0 Å². The van der Waals surface area contributed by atoms with Crippen molar-refractivity contribution in [3.05, 3.63) is 0 Å². The van der Waals surface area contributed by atoms with Crippen molar-refractivity contribution in [3.8, 4) is 0 Å². The molecule has 1 aliphatic heterocycles. The molecule has 0 aliphatic carbocycles. The van der Waals surface area contributed by atoms with E-state index in [-0.39, 0.29) is 0 Å². The molecular formula is C13H27N3O2. The zero-order chi connectivity index (χ0) is 13.6. The van der Waals surface area contributed by atoms with Crippen molar-refractivity contribution in [2.45, 2.75) is 50.7 Å². The minimum absolute atomic E-state index is 0.414. The van der Waals surface area contributed by atoms with Crippen LogP contribution in [0.4, 0.5) is 0 Å². The van der Waals surface area contributed by atoms with E-state index in [0.717, 1.165) is 45.3 Å². The maximum absolute atomic E-state index is 11.1. The van der Waals surface area contributed by atoms with E-state index in [1.54, 1.807) is 14.0 Å². The van der Waals surface area contributed by atoms with Gasteiger partial charge in [-0.3, -0.25) is 4.79 Å². The van der Waals surface area contributed by atoms with Crippen LogP contribution in [0.5, 0.6) is 0 Å². The SMILES string of the molecule is COC1CCN(CCCCC(C)(N)C(N)=O)CC1. The summed E-state index contributed by atoms with van der Waals surface area (Å²) < 4.78 is 5.34. The van der Waals surface area contributed by atoms with Gasteiger partial charge in [0, 0.05) is 20.2 Å². The van der Waals surface area contributed by atoms with Crippen molar-refractivity contribution in [2.24, 2.45) is 11.5 Å². The number of primary amides is 1. The molecule has 106 valence electrons. The smallest absolute Gasteiger partial charge is 0.237 e. The minimum atomic E-state index is -0.858. The molecule has 5 nitrogen and oxygen atoms in total. The Labute approximate surface area is 110 Å². The van der Waals surface area contributed by atoms with Crippen LogP contribution < -0.4 is 11.5 Å². The number of nitrogens with two attached hydrogens (primary N) is 2. The predicted octanol–water partition coefficient (Wildman–Crippen LogP) is 0.470. The van der Waals surface area contributed by atoms with E-state index >= 15 is 0 Å². The summed E-state index contributed by atoms with van der Waals surface area (Å²) in [4.78, 5) is 13.5. The molecule has 1 unspecified atom stereocenters. The van der Waals surface area contributed by atoms with Crippen LogP contribution in [-0.4, -0.2) is 49.2 Å². The van der Waals surface area contributed by atoms with Gasteiger partial charge in [0.2, 0.25) is 5.91 Å². The third-order valence-electron chi connectivity index (χ3n) is 3.85. The van der Waals surface area contributed by atoms with Crippen molar-refractivity contribution < 1.29 is 9.53 Å².